The minimum atomic E-state index is -4.57. The van der Waals surface area contributed by atoms with Crippen LogP contribution in [0.4, 0.5) is 0 Å². The molecule has 0 unspecified atom stereocenters. The van der Waals surface area contributed by atoms with Gasteiger partial charge in [-0.1, -0.05) is 0 Å². The molecule has 6 N–H and O–H groups in total. The average molecular weight is 242 g/mol. The smallest absolute Gasteiger partial charge is 0.397 e. The van der Waals surface area contributed by atoms with Gasteiger partial charge in [-0.05, 0) is 12.8 Å². The monoisotopic (exact) mass is 242 g/mol. The first-order chi connectivity index (χ1) is 6.76. The highest BCUT2D eigenvalue weighted by atomic mass is 32.3. The highest BCUT2D eigenvalue weighted by molar-refractivity contribution is 7.80. The van der Waals surface area contributed by atoms with Gasteiger partial charge in [-0.2, -0.15) is 8.42 Å². The van der Waals surface area contributed by atoms with Gasteiger partial charge in [0.2, 0.25) is 0 Å². The molecule has 2 atom stereocenters. The predicted molar refractivity (Wildman–Crippen MR) is 50.3 cm³/mol. The van der Waals surface area contributed by atoms with Crippen molar-refractivity contribution in [3.63, 3.8) is 0 Å². The molecule has 0 rings (SSSR count). The lowest BCUT2D eigenvalue weighted by Gasteiger charge is -2.14. The molecule has 0 saturated carbocycles. The normalized spacial score (nSPS) is 15.9. The first-order valence-electron chi connectivity index (χ1n) is 4.10. The molecule has 15 heavy (non-hydrogen) atoms. The number of hydrogen-bond acceptors (Lipinski definition) is 6. The Balaban J connectivity index is 4.07. The fourth-order valence-electron chi connectivity index (χ4n) is 0.866. The van der Waals surface area contributed by atoms with Crippen molar-refractivity contribution in [1.29, 1.82) is 0 Å². The van der Waals surface area contributed by atoms with Crippen LogP contribution in [0.2, 0.25) is 0 Å². The number of hydrogen-bond donors (Lipinski definition) is 4. The highest BCUT2D eigenvalue weighted by Gasteiger charge is 2.19. The van der Waals surface area contributed by atoms with E-state index in [1.165, 1.54) is 0 Å². The van der Waals surface area contributed by atoms with Gasteiger partial charge in [0.1, 0.15) is 6.04 Å². The molecule has 0 spiro atoms. The third-order valence-electron chi connectivity index (χ3n) is 1.64. The van der Waals surface area contributed by atoms with Crippen LogP contribution in [0.3, 0.4) is 0 Å². The number of aliphatic carboxylic acids is 1. The third kappa shape index (κ3) is 7.22. The van der Waals surface area contributed by atoms with Gasteiger partial charge in [0.15, 0.2) is 0 Å². The molecule has 0 fully saturated rings. The first-order valence-corrected chi connectivity index (χ1v) is 5.47. The van der Waals surface area contributed by atoms with Crippen LogP contribution in [0, 0.1) is 0 Å². The average Bonchev–Trinajstić information content (AvgIpc) is 2.09. The van der Waals surface area contributed by atoms with Gasteiger partial charge in [-0.3, -0.25) is 9.35 Å². The molecule has 0 bridgehead atoms. The molecule has 0 aromatic rings. The molecule has 8 nitrogen and oxygen atoms in total. The van der Waals surface area contributed by atoms with Gasteiger partial charge in [-0.15, -0.1) is 0 Å². The summed E-state index contributed by atoms with van der Waals surface area (Å²) in [6, 6.07) is -1.11. The number of nitrogens with two attached hydrogens (primary N) is 2. The minimum absolute atomic E-state index is 0.00667. The van der Waals surface area contributed by atoms with Gasteiger partial charge in [0.25, 0.3) is 0 Å². The SMILES string of the molecule is NC[C@@H](CC[C@H](N)C(=O)O)OS(=O)(=O)O. The lowest BCUT2D eigenvalue weighted by atomic mass is 10.1. The fraction of sp³-hybridized carbons (Fsp3) is 0.833. The topological polar surface area (TPSA) is 153 Å². The summed E-state index contributed by atoms with van der Waals surface area (Å²) in [5, 5.41) is 8.44. The lowest BCUT2D eigenvalue weighted by Crippen LogP contribution is -2.33. The molecule has 0 aromatic carbocycles. The zero-order chi connectivity index (χ0) is 12.1. The molecule has 0 saturated heterocycles. The van der Waals surface area contributed by atoms with E-state index in [1.54, 1.807) is 0 Å². The third-order valence-corrected chi connectivity index (χ3v) is 2.15. The molecule has 0 aliphatic carbocycles. The van der Waals surface area contributed by atoms with E-state index in [-0.39, 0.29) is 19.4 Å². The van der Waals surface area contributed by atoms with E-state index in [1.807, 2.05) is 0 Å². The summed E-state index contributed by atoms with van der Waals surface area (Å²) >= 11 is 0. The van der Waals surface area contributed by atoms with E-state index in [9.17, 15) is 13.2 Å². The van der Waals surface area contributed by atoms with Crippen molar-refractivity contribution in [1.82, 2.24) is 0 Å². The Kier molecular flexibility index (Phi) is 5.68. The molecule has 9 heteroatoms. The predicted octanol–water partition coefficient (Wildman–Crippen LogP) is -1.67. The van der Waals surface area contributed by atoms with Crippen molar-refractivity contribution in [2.45, 2.75) is 25.0 Å². The van der Waals surface area contributed by atoms with Gasteiger partial charge in [0.05, 0.1) is 6.10 Å². The zero-order valence-electron chi connectivity index (χ0n) is 7.87. The number of carboxylic acids is 1. The van der Waals surface area contributed by atoms with Crippen molar-refractivity contribution >= 4 is 16.4 Å². The second-order valence-corrected chi connectivity index (χ2v) is 3.95. The maximum atomic E-state index is 10.3. The Labute approximate surface area is 87.2 Å². The quantitative estimate of drug-likeness (QED) is 0.386. The molecule has 0 amide bonds. The largest absolute Gasteiger partial charge is 0.480 e. The van der Waals surface area contributed by atoms with Crippen molar-refractivity contribution in [3.05, 3.63) is 0 Å². The van der Waals surface area contributed by atoms with Crippen LogP contribution in [0.15, 0.2) is 0 Å². The van der Waals surface area contributed by atoms with Crippen LogP contribution < -0.4 is 11.5 Å². The first kappa shape index (κ1) is 14.3. The van der Waals surface area contributed by atoms with Crippen LogP contribution in [0.25, 0.3) is 0 Å². The molecular weight excluding hydrogens is 228 g/mol. The molecule has 0 heterocycles. The Morgan fingerprint density at radius 2 is 1.93 bits per heavy atom. The second kappa shape index (κ2) is 5.98. The van der Waals surface area contributed by atoms with E-state index in [4.69, 9.17) is 21.1 Å². The van der Waals surface area contributed by atoms with Crippen LogP contribution >= 0.6 is 0 Å². The summed E-state index contributed by atoms with van der Waals surface area (Å²) in [5.41, 5.74) is 10.3. The van der Waals surface area contributed by atoms with Crippen molar-refractivity contribution < 1.29 is 27.1 Å². The molecule has 0 aliphatic heterocycles. The van der Waals surface area contributed by atoms with Crippen LogP contribution in [-0.4, -0.2) is 42.7 Å². The lowest BCUT2D eigenvalue weighted by molar-refractivity contribution is -0.138. The number of rotatable bonds is 7. The van der Waals surface area contributed by atoms with Crippen molar-refractivity contribution in [2.75, 3.05) is 6.54 Å². The molecule has 90 valence electrons. The standard InChI is InChI=1S/C6H14N2O6S/c7-3-4(14-15(11,12)13)1-2-5(8)6(9)10/h4-5H,1-3,7-8H2,(H,9,10)(H,11,12,13)/t4-,5+/m1/s1. The van der Waals surface area contributed by atoms with E-state index in [2.05, 4.69) is 4.18 Å². The molecule has 0 aliphatic rings. The summed E-state index contributed by atoms with van der Waals surface area (Å²) in [6.45, 7) is -0.161. The van der Waals surface area contributed by atoms with Crippen LogP contribution in [0.1, 0.15) is 12.8 Å². The Hall–Kier alpha value is -0.740. The summed E-state index contributed by atoms with van der Waals surface area (Å²) in [5.74, 6) is -1.20. The van der Waals surface area contributed by atoms with Crippen molar-refractivity contribution in [3.8, 4) is 0 Å². The van der Waals surface area contributed by atoms with Gasteiger partial charge in [-0.25, -0.2) is 4.18 Å². The highest BCUT2D eigenvalue weighted by Crippen LogP contribution is 2.06. The fourth-order valence-corrected chi connectivity index (χ4v) is 1.38. The van der Waals surface area contributed by atoms with Crippen LogP contribution in [0.5, 0.6) is 0 Å². The maximum Gasteiger partial charge on any atom is 0.397 e. The summed E-state index contributed by atoms with van der Waals surface area (Å²) in [4.78, 5) is 10.3. The van der Waals surface area contributed by atoms with Crippen molar-refractivity contribution in [2.24, 2.45) is 11.5 Å². The molecule has 0 aromatic heterocycles. The minimum Gasteiger partial charge on any atom is -0.480 e. The van der Waals surface area contributed by atoms with Gasteiger partial charge >= 0.3 is 16.4 Å². The van der Waals surface area contributed by atoms with Gasteiger partial charge in [0, 0.05) is 6.54 Å². The summed E-state index contributed by atoms with van der Waals surface area (Å²) in [6.07, 6.45) is -0.929. The summed E-state index contributed by atoms with van der Waals surface area (Å²) < 4.78 is 33.1. The summed E-state index contributed by atoms with van der Waals surface area (Å²) in [7, 11) is -4.57. The molecule has 0 radical (unpaired) electrons. The number of carbonyl (C=O) groups is 1. The Morgan fingerprint density at radius 3 is 2.27 bits per heavy atom. The van der Waals surface area contributed by atoms with Gasteiger partial charge < -0.3 is 16.6 Å². The Bertz CT molecular complexity index is 303. The maximum absolute atomic E-state index is 10.3. The number of carboxylic acid groups (broad SMARTS) is 1. The Morgan fingerprint density at radius 1 is 1.40 bits per heavy atom. The molecular formula is C6H14N2O6S. The van der Waals surface area contributed by atoms with E-state index in [0.717, 1.165) is 0 Å². The van der Waals surface area contributed by atoms with Crippen LogP contribution in [-0.2, 0) is 19.4 Å². The second-order valence-electron chi connectivity index (χ2n) is 2.90. The zero-order valence-corrected chi connectivity index (χ0v) is 8.68. The van der Waals surface area contributed by atoms with E-state index < -0.39 is 28.5 Å². The van der Waals surface area contributed by atoms with E-state index >= 15 is 0 Å². The van der Waals surface area contributed by atoms with E-state index in [0.29, 0.717) is 0 Å².